The molecule has 0 spiro atoms. The third-order valence-corrected chi connectivity index (χ3v) is 3.95. The number of rotatable bonds is 6. The summed E-state index contributed by atoms with van der Waals surface area (Å²) in [5.41, 5.74) is 3.85. The van der Waals surface area contributed by atoms with E-state index in [1.165, 1.54) is 0 Å². The topological polar surface area (TPSA) is 59.9 Å². The summed E-state index contributed by atoms with van der Waals surface area (Å²) in [6.45, 7) is 6.54. The van der Waals surface area contributed by atoms with Crippen molar-refractivity contribution in [2.75, 3.05) is 5.32 Å². The highest BCUT2D eigenvalue weighted by molar-refractivity contribution is 6.32. The van der Waals surface area contributed by atoms with Crippen molar-refractivity contribution in [1.82, 2.24) is 15.0 Å². The lowest BCUT2D eigenvalue weighted by molar-refractivity contribution is 0.242. The van der Waals surface area contributed by atoms with Crippen LogP contribution < -0.4 is 10.1 Å². The number of aryl methyl sites for hydroxylation is 1. The maximum atomic E-state index is 6.29. The van der Waals surface area contributed by atoms with Gasteiger partial charge in [0.05, 0.1) is 11.1 Å². The number of aromatic nitrogens is 3. The Morgan fingerprint density at radius 3 is 2.50 bits per heavy atom. The fourth-order valence-electron chi connectivity index (χ4n) is 2.44. The molecule has 1 aromatic carbocycles. The molecule has 0 aliphatic rings. The average Bonchev–Trinajstić information content (AvgIpc) is 2.62. The molecule has 134 valence electrons. The number of hydrogen-bond acceptors (Lipinski definition) is 5. The molecule has 26 heavy (non-hydrogen) atoms. The number of nitrogens with zero attached hydrogens (tertiary/aromatic N) is 3. The second kappa shape index (κ2) is 8.15. The SMILES string of the molecule is Cc1cc(NCc2cnc(-c3ccc(OC(C)C)c(Cl)c3)nc2)ccn1. The predicted octanol–water partition coefficient (Wildman–Crippen LogP) is 4.90. The lowest BCUT2D eigenvalue weighted by Gasteiger charge is -2.12. The van der Waals surface area contributed by atoms with Gasteiger partial charge < -0.3 is 10.1 Å². The molecule has 0 saturated heterocycles. The van der Waals surface area contributed by atoms with Gasteiger partial charge in [0.1, 0.15) is 5.75 Å². The Kier molecular flexibility index (Phi) is 5.68. The molecule has 0 unspecified atom stereocenters. The first-order valence-corrected chi connectivity index (χ1v) is 8.83. The molecule has 2 aromatic heterocycles. The van der Waals surface area contributed by atoms with Crippen molar-refractivity contribution in [2.45, 2.75) is 33.4 Å². The van der Waals surface area contributed by atoms with E-state index in [2.05, 4.69) is 20.3 Å². The van der Waals surface area contributed by atoms with Crippen LogP contribution in [-0.4, -0.2) is 21.1 Å². The monoisotopic (exact) mass is 368 g/mol. The first-order valence-electron chi connectivity index (χ1n) is 8.45. The molecule has 0 fully saturated rings. The minimum atomic E-state index is 0.0746. The fraction of sp³-hybridized carbons (Fsp3) is 0.250. The minimum Gasteiger partial charge on any atom is -0.489 e. The van der Waals surface area contributed by atoms with Crippen LogP contribution in [0.2, 0.25) is 5.02 Å². The quantitative estimate of drug-likeness (QED) is 0.670. The summed E-state index contributed by atoms with van der Waals surface area (Å²) in [6.07, 6.45) is 5.49. The summed E-state index contributed by atoms with van der Waals surface area (Å²) in [6, 6.07) is 9.52. The van der Waals surface area contributed by atoms with E-state index in [0.717, 1.165) is 22.5 Å². The second-order valence-corrected chi connectivity index (χ2v) is 6.67. The smallest absolute Gasteiger partial charge is 0.159 e. The van der Waals surface area contributed by atoms with Crippen LogP contribution >= 0.6 is 11.6 Å². The van der Waals surface area contributed by atoms with Crippen LogP contribution in [-0.2, 0) is 6.54 Å². The maximum Gasteiger partial charge on any atom is 0.159 e. The first-order chi connectivity index (χ1) is 12.5. The number of anilines is 1. The first kappa shape index (κ1) is 18.1. The Labute approximate surface area is 158 Å². The average molecular weight is 369 g/mol. The third kappa shape index (κ3) is 4.70. The molecule has 0 atom stereocenters. The Hall–Kier alpha value is -2.66. The Morgan fingerprint density at radius 2 is 1.85 bits per heavy atom. The van der Waals surface area contributed by atoms with Gasteiger partial charge in [-0.3, -0.25) is 4.98 Å². The van der Waals surface area contributed by atoms with Crippen molar-refractivity contribution in [3.05, 3.63) is 65.2 Å². The van der Waals surface area contributed by atoms with Gasteiger partial charge in [-0.25, -0.2) is 9.97 Å². The molecule has 1 N–H and O–H groups in total. The lowest BCUT2D eigenvalue weighted by atomic mass is 10.2. The van der Waals surface area contributed by atoms with Gasteiger partial charge in [-0.2, -0.15) is 0 Å². The zero-order valence-corrected chi connectivity index (χ0v) is 15.8. The molecule has 0 amide bonds. The van der Waals surface area contributed by atoms with Gasteiger partial charge in [0.15, 0.2) is 5.82 Å². The molecule has 2 heterocycles. The van der Waals surface area contributed by atoms with Gasteiger partial charge >= 0.3 is 0 Å². The molecule has 3 aromatic rings. The normalized spacial score (nSPS) is 10.8. The molecular formula is C20H21ClN4O. The summed E-state index contributed by atoms with van der Waals surface area (Å²) in [7, 11) is 0. The van der Waals surface area contributed by atoms with E-state index in [1.54, 1.807) is 6.20 Å². The van der Waals surface area contributed by atoms with Crippen molar-refractivity contribution in [2.24, 2.45) is 0 Å². The molecule has 6 heteroatoms. The van der Waals surface area contributed by atoms with Crippen LogP contribution in [0.3, 0.4) is 0 Å². The third-order valence-electron chi connectivity index (χ3n) is 3.65. The van der Waals surface area contributed by atoms with Gasteiger partial charge in [0, 0.05) is 47.6 Å². The second-order valence-electron chi connectivity index (χ2n) is 6.27. The van der Waals surface area contributed by atoms with Crippen molar-refractivity contribution in [3.63, 3.8) is 0 Å². The highest BCUT2D eigenvalue weighted by atomic mass is 35.5. The van der Waals surface area contributed by atoms with Crippen molar-refractivity contribution < 1.29 is 4.74 Å². The van der Waals surface area contributed by atoms with Gasteiger partial charge in [-0.1, -0.05) is 11.6 Å². The van der Waals surface area contributed by atoms with Crippen molar-refractivity contribution in [1.29, 1.82) is 0 Å². The van der Waals surface area contributed by atoms with Crippen LogP contribution in [0.4, 0.5) is 5.69 Å². The molecule has 3 rings (SSSR count). The highest BCUT2D eigenvalue weighted by Crippen LogP contribution is 2.29. The van der Waals surface area contributed by atoms with E-state index in [1.807, 2.05) is 63.5 Å². The number of benzene rings is 1. The van der Waals surface area contributed by atoms with E-state index in [4.69, 9.17) is 16.3 Å². The zero-order chi connectivity index (χ0) is 18.5. The number of ether oxygens (including phenoxy) is 1. The van der Waals surface area contributed by atoms with E-state index >= 15 is 0 Å². The van der Waals surface area contributed by atoms with E-state index < -0.39 is 0 Å². The zero-order valence-electron chi connectivity index (χ0n) is 15.0. The summed E-state index contributed by atoms with van der Waals surface area (Å²) >= 11 is 6.29. The largest absolute Gasteiger partial charge is 0.489 e. The van der Waals surface area contributed by atoms with E-state index in [-0.39, 0.29) is 6.10 Å². The molecule has 0 aliphatic heterocycles. The molecule has 0 radical (unpaired) electrons. The summed E-state index contributed by atoms with van der Waals surface area (Å²) in [5, 5.41) is 3.89. The molecule has 5 nitrogen and oxygen atoms in total. The van der Waals surface area contributed by atoms with E-state index in [9.17, 15) is 0 Å². The van der Waals surface area contributed by atoms with Gasteiger partial charge in [-0.15, -0.1) is 0 Å². The molecular weight excluding hydrogens is 348 g/mol. The van der Waals surface area contributed by atoms with Crippen LogP contribution in [0.1, 0.15) is 25.1 Å². The van der Waals surface area contributed by atoms with Crippen LogP contribution in [0.15, 0.2) is 48.9 Å². The predicted molar refractivity (Wildman–Crippen MR) is 105 cm³/mol. The van der Waals surface area contributed by atoms with Gasteiger partial charge in [0.2, 0.25) is 0 Å². The number of pyridine rings is 1. The van der Waals surface area contributed by atoms with E-state index in [0.29, 0.717) is 23.1 Å². The summed E-state index contributed by atoms with van der Waals surface area (Å²) < 4.78 is 5.65. The minimum absolute atomic E-state index is 0.0746. The number of hydrogen-bond donors (Lipinski definition) is 1. The lowest BCUT2D eigenvalue weighted by Crippen LogP contribution is -2.06. The Morgan fingerprint density at radius 1 is 1.08 bits per heavy atom. The Balaban J connectivity index is 1.68. The number of nitrogens with one attached hydrogen (secondary N) is 1. The molecule has 0 saturated carbocycles. The van der Waals surface area contributed by atoms with Crippen molar-refractivity contribution in [3.8, 4) is 17.1 Å². The van der Waals surface area contributed by atoms with Crippen LogP contribution in [0.25, 0.3) is 11.4 Å². The summed E-state index contributed by atoms with van der Waals surface area (Å²) in [5.74, 6) is 1.30. The maximum absolute atomic E-state index is 6.29. The fourth-order valence-corrected chi connectivity index (χ4v) is 2.67. The molecule has 0 aliphatic carbocycles. The number of halogens is 1. The molecule has 0 bridgehead atoms. The van der Waals surface area contributed by atoms with Gasteiger partial charge in [-0.05, 0) is 51.1 Å². The van der Waals surface area contributed by atoms with Crippen LogP contribution in [0, 0.1) is 6.92 Å². The standard InChI is InChI=1S/C20H21ClN4O/c1-13(2)26-19-5-4-16(9-18(19)21)20-24-11-15(12-25-20)10-23-17-6-7-22-14(3)8-17/h4-9,11-13H,10H2,1-3H3,(H,22,23). The van der Waals surface area contributed by atoms with Gasteiger partial charge in [0.25, 0.3) is 0 Å². The highest BCUT2D eigenvalue weighted by Gasteiger charge is 2.08. The van der Waals surface area contributed by atoms with Crippen LogP contribution in [0.5, 0.6) is 5.75 Å². The Bertz CT molecular complexity index is 881. The summed E-state index contributed by atoms with van der Waals surface area (Å²) in [4.78, 5) is 13.1. The van der Waals surface area contributed by atoms with Crippen molar-refractivity contribution >= 4 is 17.3 Å².